The molecular formula is C25H22F3N5O2. The van der Waals surface area contributed by atoms with Crippen LogP contribution in [-0.4, -0.2) is 59.7 Å². The number of fused-ring (bicyclic) bond motifs is 3. The van der Waals surface area contributed by atoms with Gasteiger partial charge < -0.3 is 10.2 Å². The number of piperazine rings is 1. The first kappa shape index (κ1) is 17.6. The van der Waals surface area contributed by atoms with Crippen molar-refractivity contribution in [2.45, 2.75) is 12.9 Å². The molecular weight excluding hydrogens is 459 g/mol. The highest BCUT2D eigenvalue weighted by atomic mass is 19.1. The Bertz CT molecular complexity index is 1530. The topological polar surface area (TPSA) is 78.4 Å². The Kier molecular flexibility index (Phi) is 4.58. The molecule has 3 aromatic rings. The van der Waals surface area contributed by atoms with Crippen molar-refractivity contribution in [1.29, 1.82) is 0 Å². The Morgan fingerprint density at radius 1 is 1.14 bits per heavy atom. The summed E-state index contributed by atoms with van der Waals surface area (Å²) in [6, 6.07) is 6.30. The fourth-order valence-electron chi connectivity index (χ4n) is 4.31. The predicted octanol–water partition coefficient (Wildman–Crippen LogP) is 2.98. The Morgan fingerprint density at radius 3 is 2.69 bits per heavy atom. The molecule has 1 N–H and O–H groups in total. The van der Waals surface area contributed by atoms with Crippen LogP contribution in [0.1, 0.15) is 38.8 Å². The van der Waals surface area contributed by atoms with Crippen molar-refractivity contribution in [3.05, 3.63) is 76.5 Å². The summed E-state index contributed by atoms with van der Waals surface area (Å²) < 4.78 is 82.7. The Morgan fingerprint density at radius 2 is 1.94 bits per heavy atom. The van der Waals surface area contributed by atoms with Crippen molar-refractivity contribution in [2.24, 2.45) is 0 Å². The number of anilines is 1. The number of aromatic nitrogens is 2. The molecule has 1 amide bonds. The van der Waals surface area contributed by atoms with Crippen molar-refractivity contribution in [3.8, 4) is 11.3 Å². The van der Waals surface area contributed by atoms with E-state index < -0.39 is 48.4 Å². The summed E-state index contributed by atoms with van der Waals surface area (Å²) in [7, 11) is 0. The van der Waals surface area contributed by atoms with Gasteiger partial charge in [0.05, 0.1) is 17.6 Å². The number of carbonyl (C=O) groups excluding carboxylic acids is 2. The first-order chi connectivity index (χ1) is 18.8. The van der Waals surface area contributed by atoms with Gasteiger partial charge in [-0.05, 0) is 18.2 Å². The van der Waals surface area contributed by atoms with Gasteiger partial charge in [0.1, 0.15) is 17.3 Å². The summed E-state index contributed by atoms with van der Waals surface area (Å²) >= 11 is 0. The molecule has 7 nitrogen and oxygen atoms in total. The monoisotopic (exact) mass is 486 g/mol. The van der Waals surface area contributed by atoms with Crippen LogP contribution in [0, 0.1) is 17.6 Å². The second-order valence-electron chi connectivity index (χ2n) is 8.15. The normalized spacial score (nSPS) is 18.4. The predicted molar refractivity (Wildman–Crippen MR) is 123 cm³/mol. The molecule has 0 unspecified atom stereocenters. The Hall–Kier alpha value is -3.79. The van der Waals surface area contributed by atoms with Crippen molar-refractivity contribution in [2.75, 3.05) is 38.1 Å². The van der Waals surface area contributed by atoms with Gasteiger partial charge >= 0.3 is 0 Å². The number of carbonyl (C=O) groups is 2. The van der Waals surface area contributed by atoms with Crippen molar-refractivity contribution >= 4 is 17.4 Å². The van der Waals surface area contributed by atoms with E-state index in [2.05, 4.69) is 9.97 Å². The molecule has 2 aromatic heterocycles. The molecule has 0 spiro atoms. The molecule has 1 aromatic carbocycles. The number of rotatable bonds is 4. The largest absolute Gasteiger partial charge is 0.365 e. The zero-order valence-corrected chi connectivity index (χ0v) is 18.2. The van der Waals surface area contributed by atoms with Gasteiger partial charge in [-0.2, -0.15) is 4.39 Å². The summed E-state index contributed by atoms with van der Waals surface area (Å²) in [6.45, 7) is -4.59. The van der Waals surface area contributed by atoms with Crippen LogP contribution in [-0.2, 0) is 12.9 Å². The second-order valence-corrected chi connectivity index (χ2v) is 8.15. The van der Waals surface area contributed by atoms with E-state index in [4.69, 9.17) is 6.85 Å². The van der Waals surface area contributed by atoms with E-state index in [1.165, 1.54) is 29.2 Å². The zero-order valence-electron chi connectivity index (χ0n) is 23.2. The number of hydrogen-bond acceptors (Lipinski definition) is 6. The number of Topliss-reactive ketones (excluding diaryl/α,β-unsaturated/α-hetero) is 1. The molecule has 0 saturated carbocycles. The van der Waals surface area contributed by atoms with Crippen LogP contribution in [0.4, 0.5) is 18.9 Å². The minimum atomic E-state index is -2.75. The van der Waals surface area contributed by atoms with Gasteiger partial charge in [-0.15, -0.1) is 0 Å². The van der Waals surface area contributed by atoms with Gasteiger partial charge in [0.2, 0.25) is 5.95 Å². The first-order valence-corrected chi connectivity index (χ1v) is 10.8. The standard InChI is InChI=1S/C25H22F3N5O2/c1-29-25(35)19-4-5-20(24(28)31-19)33-8-6-32(7-9-33)13-14-2-3-16-17(22(14)27)11-21(34)18-10-15(26)12-30-23(16)18/h2-5,10,12H,6-9,11,13H2,1H3,(H,29,35)/i1D3,13D2. The molecule has 35 heavy (non-hydrogen) atoms. The van der Waals surface area contributed by atoms with Crippen molar-refractivity contribution in [3.63, 3.8) is 0 Å². The van der Waals surface area contributed by atoms with E-state index in [0.717, 1.165) is 12.3 Å². The number of benzene rings is 1. The lowest BCUT2D eigenvalue weighted by Gasteiger charge is -2.36. The fourth-order valence-corrected chi connectivity index (χ4v) is 4.31. The van der Waals surface area contributed by atoms with Crippen LogP contribution in [0.2, 0.25) is 0 Å². The summed E-state index contributed by atoms with van der Waals surface area (Å²) in [5.74, 6) is -4.13. The number of hydrogen-bond donors (Lipinski definition) is 1. The average Bonchev–Trinajstić information content (AvgIpc) is 2.88. The fraction of sp³-hybridized carbons (Fsp3) is 0.280. The number of halogens is 3. The average molecular weight is 487 g/mol. The second kappa shape index (κ2) is 9.10. The molecule has 5 rings (SSSR count). The molecule has 10 heteroatoms. The molecule has 2 aliphatic rings. The minimum Gasteiger partial charge on any atom is -0.365 e. The number of nitrogens with one attached hydrogen (secondary N) is 1. The molecule has 0 radical (unpaired) electrons. The molecule has 1 aliphatic heterocycles. The summed E-state index contributed by atoms with van der Waals surface area (Å²) in [5, 5.41) is 1.73. The lowest BCUT2D eigenvalue weighted by atomic mass is 9.86. The molecule has 3 heterocycles. The van der Waals surface area contributed by atoms with Crippen molar-refractivity contribution < 1.29 is 29.6 Å². The lowest BCUT2D eigenvalue weighted by Crippen LogP contribution is -2.46. The third-order valence-electron chi connectivity index (χ3n) is 6.06. The van der Waals surface area contributed by atoms with Gasteiger partial charge in [0, 0.05) is 75.2 Å². The summed E-state index contributed by atoms with van der Waals surface area (Å²) in [6.07, 6.45) is 0.577. The van der Waals surface area contributed by atoms with Gasteiger partial charge in [-0.3, -0.25) is 19.5 Å². The Labute approximate surface area is 206 Å². The third-order valence-corrected chi connectivity index (χ3v) is 6.06. The van der Waals surface area contributed by atoms with E-state index in [9.17, 15) is 18.4 Å². The number of amides is 1. The summed E-state index contributed by atoms with van der Waals surface area (Å²) in [4.78, 5) is 35.0. The highest BCUT2D eigenvalue weighted by molar-refractivity contribution is 6.06. The van der Waals surface area contributed by atoms with Gasteiger partial charge in [-0.25, -0.2) is 13.8 Å². The maximum atomic E-state index is 15.7. The van der Waals surface area contributed by atoms with Gasteiger partial charge in [0.25, 0.3) is 5.91 Å². The molecule has 0 atom stereocenters. The van der Waals surface area contributed by atoms with E-state index in [-0.39, 0.29) is 60.7 Å². The first-order valence-electron chi connectivity index (χ1n) is 13.3. The van der Waals surface area contributed by atoms with E-state index in [0.29, 0.717) is 5.56 Å². The van der Waals surface area contributed by atoms with Crippen LogP contribution in [0.5, 0.6) is 0 Å². The number of ketones is 1. The molecule has 1 saturated heterocycles. The highest BCUT2D eigenvalue weighted by Gasteiger charge is 2.29. The van der Waals surface area contributed by atoms with Crippen LogP contribution >= 0.6 is 0 Å². The van der Waals surface area contributed by atoms with Crippen LogP contribution < -0.4 is 10.2 Å². The summed E-state index contributed by atoms with van der Waals surface area (Å²) in [5.41, 5.74) is -0.141. The smallest absolute Gasteiger partial charge is 0.269 e. The maximum absolute atomic E-state index is 15.7. The van der Waals surface area contributed by atoms with Crippen LogP contribution in [0.25, 0.3) is 11.3 Å². The minimum absolute atomic E-state index is 0.00705. The third kappa shape index (κ3) is 4.25. The number of pyridine rings is 2. The lowest BCUT2D eigenvalue weighted by molar-refractivity contribution is 0.0955. The quantitative estimate of drug-likeness (QED) is 0.572. The SMILES string of the molecule is [2H]C([2H])([2H])NC(=O)c1ccc(N2CCN(C([2H])([2H])c3ccc4c(c3F)CC(=O)c3cc(F)cnc3-4)CC2)c(F)n1. The highest BCUT2D eigenvalue weighted by Crippen LogP contribution is 2.35. The van der Waals surface area contributed by atoms with Crippen LogP contribution in [0.3, 0.4) is 0 Å². The van der Waals surface area contributed by atoms with Gasteiger partial charge in [0.15, 0.2) is 5.78 Å². The maximum Gasteiger partial charge on any atom is 0.269 e. The van der Waals surface area contributed by atoms with E-state index in [1.54, 1.807) is 10.2 Å². The van der Waals surface area contributed by atoms with E-state index in [1.807, 2.05) is 0 Å². The van der Waals surface area contributed by atoms with Crippen LogP contribution in [0.15, 0.2) is 36.5 Å². The Balaban J connectivity index is 1.33. The van der Waals surface area contributed by atoms with Crippen molar-refractivity contribution in [1.82, 2.24) is 20.2 Å². The molecule has 0 bridgehead atoms. The molecule has 180 valence electrons. The van der Waals surface area contributed by atoms with Gasteiger partial charge in [-0.1, -0.05) is 12.1 Å². The zero-order chi connectivity index (χ0) is 29.0. The van der Waals surface area contributed by atoms with E-state index >= 15 is 4.39 Å². The number of nitrogens with zero attached hydrogens (tertiary/aromatic N) is 4. The molecule has 1 aliphatic carbocycles. The molecule has 1 fully saturated rings.